The molecular weight excluding hydrogens is 534 g/mol. The van der Waals surface area contributed by atoms with Gasteiger partial charge in [-0.15, -0.1) is 0 Å². The van der Waals surface area contributed by atoms with Crippen LogP contribution in [-0.4, -0.2) is 24.0 Å². The van der Waals surface area contributed by atoms with Crippen LogP contribution in [0, 0.1) is 34.6 Å². The minimum Gasteiger partial charge on any atom is -0.310 e. The summed E-state index contributed by atoms with van der Waals surface area (Å²) in [6, 6.07) is 15.8. The van der Waals surface area contributed by atoms with E-state index in [1.165, 1.54) is 17.3 Å². The quantitative estimate of drug-likeness (QED) is 0.313. The second-order valence-electron chi connectivity index (χ2n) is 9.36. The summed E-state index contributed by atoms with van der Waals surface area (Å²) in [4.78, 5) is 36.0. The maximum atomic E-state index is 14.0. The summed E-state index contributed by atoms with van der Waals surface area (Å²) in [5.74, 6) is -0.428. The molecule has 36 heavy (non-hydrogen) atoms. The van der Waals surface area contributed by atoms with Gasteiger partial charge in [-0.2, -0.15) is 0 Å². The zero-order chi connectivity index (χ0) is 25.9. The second kappa shape index (κ2) is 9.05. The molecule has 0 unspecified atom stereocenters. The third-order valence-electron chi connectivity index (χ3n) is 6.86. The predicted molar refractivity (Wildman–Crippen MR) is 153 cm³/mol. The Labute approximate surface area is 224 Å². The van der Waals surface area contributed by atoms with Crippen molar-refractivity contribution in [1.82, 2.24) is 0 Å². The Morgan fingerprint density at radius 1 is 0.778 bits per heavy atom. The highest BCUT2D eigenvalue weighted by Gasteiger charge is 2.43. The van der Waals surface area contributed by atoms with Crippen LogP contribution in [0.5, 0.6) is 0 Å². The Kier molecular flexibility index (Phi) is 6.17. The number of likely N-dealkylation sites (N-methyl/N-ethyl adjacent to an activating group) is 1. The van der Waals surface area contributed by atoms with Gasteiger partial charge in [-0.05, 0) is 111 Å². The number of rotatable bonds is 2. The largest absolute Gasteiger partial charge is 0.310 e. The van der Waals surface area contributed by atoms with E-state index in [-0.39, 0.29) is 11.8 Å². The molecule has 5 nitrogen and oxygen atoms in total. The first-order chi connectivity index (χ1) is 17.1. The summed E-state index contributed by atoms with van der Waals surface area (Å²) in [5, 5.41) is 0.532. The summed E-state index contributed by atoms with van der Waals surface area (Å²) < 4.78 is 0.866. The number of fused-ring (bicyclic) bond motifs is 1. The van der Waals surface area contributed by atoms with Crippen LogP contribution in [0.1, 0.15) is 33.4 Å². The highest BCUT2D eigenvalue weighted by molar-refractivity contribution is 9.10. The van der Waals surface area contributed by atoms with Crippen molar-refractivity contribution in [2.75, 3.05) is 16.8 Å². The van der Waals surface area contributed by atoms with Gasteiger partial charge in [0.2, 0.25) is 0 Å². The number of nitrogens with zero attached hydrogens (tertiary/aromatic N) is 3. The molecule has 2 amide bonds. The second-order valence-corrected chi connectivity index (χ2v) is 11.3. The maximum absolute atomic E-state index is 14.0. The average molecular weight is 561 g/mol. The predicted octanol–water partition coefficient (Wildman–Crippen LogP) is 7.15. The number of aliphatic imine (C=N–C) groups is 1. The lowest BCUT2D eigenvalue weighted by Crippen LogP contribution is -2.29. The van der Waals surface area contributed by atoms with E-state index in [0.717, 1.165) is 49.4 Å². The van der Waals surface area contributed by atoms with Gasteiger partial charge in [0.25, 0.3) is 11.8 Å². The minimum absolute atomic E-state index is 0.186. The third kappa shape index (κ3) is 4.00. The number of amidine groups is 1. The monoisotopic (exact) mass is 559 g/mol. The van der Waals surface area contributed by atoms with Gasteiger partial charge in [0, 0.05) is 17.1 Å². The Balaban J connectivity index is 1.73. The van der Waals surface area contributed by atoms with E-state index in [1.807, 2.05) is 76.2 Å². The Morgan fingerprint density at radius 2 is 1.44 bits per heavy atom. The van der Waals surface area contributed by atoms with Gasteiger partial charge in [0.15, 0.2) is 5.17 Å². The van der Waals surface area contributed by atoms with Gasteiger partial charge in [0.05, 0.1) is 27.5 Å². The molecule has 0 radical (unpaired) electrons. The van der Waals surface area contributed by atoms with Crippen molar-refractivity contribution in [2.45, 2.75) is 34.6 Å². The number of aryl methyl sites for hydroxylation is 5. The van der Waals surface area contributed by atoms with Crippen LogP contribution in [0.25, 0.3) is 5.57 Å². The molecule has 0 saturated carbocycles. The first-order valence-corrected chi connectivity index (χ1v) is 13.3. The number of thioether (sulfide) groups is 1. The zero-order valence-corrected chi connectivity index (χ0v) is 23.5. The number of hydrogen-bond donors (Lipinski definition) is 0. The van der Waals surface area contributed by atoms with Crippen molar-refractivity contribution in [2.24, 2.45) is 4.99 Å². The lowest BCUT2D eigenvalue weighted by molar-refractivity contribution is -0.115. The Morgan fingerprint density at radius 3 is 2.11 bits per heavy atom. The molecule has 0 spiro atoms. The number of benzene rings is 3. The fourth-order valence-electron chi connectivity index (χ4n) is 4.57. The topological polar surface area (TPSA) is 53.0 Å². The van der Waals surface area contributed by atoms with Crippen LogP contribution in [0.15, 0.2) is 62.9 Å². The fourth-order valence-corrected chi connectivity index (χ4v) is 6.24. The smallest absolute Gasteiger partial charge is 0.272 e. The van der Waals surface area contributed by atoms with E-state index in [9.17, 15) is 9.59 Å². The SMILES string of the molecule is Cc1ccc(N=C2SC(=C3C(=O)N(C)c4c(C)cc(Br)cc43)C(=O)N2c2ccc(C)c(C)c2)cc1C. The molecule has 3 aromatic rings. The highest BCUT2D eigenvalue weighted by atomic mass is 79.9. The van der Waals surface area contributed by atoms with Gasteiger partial charge in [0.1, 0.15) is 0 Å². The van der Waals surface area contributed by atoms with Crippen molar-refractivity contribution in [3.63, 3.8) is 0 Å². The number of carbonyl (C=O) groups excluding carboxylic acids is 2. The maximum Gasteiger partial charge on any atom is 0.272 e. The number of anilines is 2. The molecule has 0 aliphatic carbocycles. The van der Waals surface area contributed by atoms with Crippen LogP contribution >= 0.6 is 27.7 Å². The van der Waals surface area contributed by atoms with Gasteiger partial charge in [-0.25, -0.2) is 4.99 Å². The molecule has 1 fully saturated rings. The molecule has 2 heterocycles. The molecule has 7 heteroatoms. The summed E-state index contributed by atoms with van der Waals surface area (Å²) >= 11 is 4.82. The summed E-state index contributed by atoms with van der Waals surface area (Å²) in [7, 11) is 1.75. The lowest BCUT2D eigenvalue weighted by Gasteiger charge is -2.17. The molecule has 5 rings (SSSR count). The van der Waals surface area contributed by atoms with Crippen molar-refractivity contribution in [3.8, 4) is 0 Å². The molecule has 3 aromatic carbocycles. The number of halogens is 1. The van der Waals surface area contributed by atoms with Gasteiger partial charge < -0.3 is 4.90 Å². The van der Waals surface area contributed by atoms with Crippen LogP contribution in [-0.2, 0) is 9.59 Å². The summed E-state index contributed by atoms with van der Waals surface area (Å²) in [6.07, 6.45) is 0. The van der Waals surface area contributed by atoms with E-state index in [0.29, 0.717) is 15.6 Å². The number of amides is 2. The average Bonchev–Trinajstić information content (AvgIpc) is 3.25. The van der Waals surface area contributed by atoms with Crippen LogP contribution < -0.4 is 9.80 Å². The highest BCUT2D eigenvalue weighted by Crippen LogP contribution is 2.47. The van der Waals surface area contributed by atoms with E-state index in [4.69, 9.17) is 4.99 Å². The minimum atomic E-state index is -0.243. The van der Waals surface area contributed by atoms with Crippen molar-refractivity contribution in [3.05, 3.63) is 91.3 Å². The summed E-state index contributed by atoms with van der Waals surface area (Å²) in [5.41, 5.74) is 9.02. The standard InChI is InChI=1S/C29H26BrN3O2S/c1-15-7-9-21(12-17(15)3)31-29-33(22-10-8-16(2)18(4)13-22)28(35)26(36-29)24-23-14-20(30)11-19(5)25(23)32(6)27(24)34/h7-14H,1-6H3. The molecule has 2 aliphatic rings. The third-order valence-corrected chi connectivity index (χ3v) is 8.36. The van der Waals surface area contributed by atoms with E-state index >= 15 is 0 Å². The van der Waals surface area contributed by atoms with Crippen molar-refractivity contribution >= 4 is 67.3 Å². The number of hydrogen-bond acceptors (Lipinski definition) is 4. The normalized spacial score (nSPS) is 18.6. The fraction of sp³-hybridized carbons (Fsp3) is 0.207. The molecule has 0 N–H and O–H groups in total. The zero-order valence-electron chi connectivity index (χ0n) is 21.1. The van der Waals surface area contributed by atoms with Gasteiger partial charge >= 0.3 is 0 Å². The molecule has 1 saturated heterocycles. The molecular formula is C29H26BrN3O2S. The van der Waals surface area contributed by atoms with Crippen LogP contribution in [0.3, 0.4) is 0 Å². The van der Waals surface area contributed by atoms with E-state index in [2.05, 4.69) is 22.9 Å². The van der Waals surface area contributed by atoms with Crippen LogP contribution in [0.2, 0.25) is 0 Å². The van der Waals surface area contributed by atoms with Crippen molar-refractivity contribution in [1.29, 1.82) is 0 Å². The molecule has 2 aliphatic heterocycles. The van der Waals surface area contributed by atoms with Crippen LogP contribution in [0.4, 0.5) is 17.1 Å². The molecule has 0 atom stereocenters. The molecule has 182 valence electrons. The lowest BCUT2D eigenvalue weighted by atomic mass is 10.0. The summed E-state index contributed by atoms with van der Waals surface area (Å²) in [6.45, 7) is 10.1. The molecule has 0 bridgehead atoms. The first kappa shape index (κ1) is 24.5. The van der Waals surface area contributed by atoms with Gasteiger partial charge in [-0.3, -0.25) is 14.5 Å². The molecule has 0 aromatic heterocycles. The van der Waals surface area contributed by atoms with Gasteiger partial charge in [-0.1, -0.05) is 28.1 Å². The van der Waals surface area contributed by atoms with E-state index < -0.39 is 0 Å². The first-order valence-electron chi connectivity index (χ1n) is 11.6. The van der Waals surface area contributed by atoms with E-state index in [1.54, 1.807) is 16.8 Å². The Bertz CT molecular complexity index is 1540. The van der Waals surface area contributed by atoms with Crippen molar-refractivity contribution < 1.29 is 9.59 Å². The Hall–Kier alpha value is -3.16. The number of carbonyl (C=O) groups is 2.